The van der Waals surface area contributed by atoms with Gasteiger partial charge in [0.25, 0.3) is 10.0 Å². The van der Waals surface area contributed by atoms with Crippen molar-refractivity contribution in [2.75, 3.05) is 0 Å². The van der Waals surface area contributed by atoms with Gasteiger partial charge in [-0.25, -0.2) is 22.5 Å². The minimum absolute atomic E-state index is 0.0173. The molecule has 0 saturated heterocycles. The fourth-order valence-corrected chi connectivity index (χ4v) is 2.64. The van der Waals surface area contributed by atoms with E-state index in [-0.39, 0.29) is 12.4 Å². The molecule has 0 spiro atoms. The Labute approximate surface area is 121 Å². The number of halogens is 1. The maximum atomic E-state index is 13.4. The van der Waals surface area contributed by atoms with Gasteiger partial charge in [-0.1, -0.05) is 24.3 Å². The van der Waals surface area contributed by atoms with Gasteiger partial charge in [-0.3, -0.25) is 5.41 Å². The normalized spacial score (nSPS) is 11.3. The van der Waals surface area contributed by atoms with Gasteiger partial charge in [0.05, 0.1) is 0 Å². The summed E-state index contributed by atoms with van der Waals surface area (Å²) in [6.45, 7) is -0.0173. The molecule has 0 aliphatic rings. The molecule has 0 atom stereocenters. The van der Waals surface area contributed by atoms with Crippen molar-refractivity contribution in [2.45, 2.75) is 11.6 Å². The zero-order valence-corrected chi connectivity index (χ0v) is 11.7. The van der Waals surface area contributed by atoms with Gasteiger partial charge in [-0.05, 0) is 17.7 Å². The van der Waals surface area contributed by atoms with Gasteiger partial charge >= 0.3 is 0 Å². The summed E-state index contributed by atoms with van der Waals surface area (Å²) in [5.41, 5.74) is 6.51. The highest BCUT2D eigenvalue weighted by Gasteiger charge is 2.19. The molecule has 21 heavy (non-hydrogen) atoms. The van der Waals surface area contributed by atoms with Crippen molar-refractivity contribution >= 4 is 15.9 Å². The smallest absolute Gasteiger partial charge is 0.261 e. The highest BCUT2D eigenvalue weighted by atomic mass is 32.2. The van der Waals surface area contributed by atoms with Gasteiger partial charge in [-0.2, -0.15) is 0 Å². The fourth-order valence-electron chi connectivity index (χ4n) is 1.62. The summed E-state index contributed by atoms with van der Waals surface area (Å²) < 4.78 is 39.6. The molecule has 4 N–H and O–H groups in total. The van der Waals surface area contributed by atoms with Gasteiger partial charge in [0.1, 0.15) is 5.84 Å². The van der Waals surface area contributed by atoms with E-state index in [4.69, 9.17) is 11.1 Å². The number of pyridine rings is 1. The topological polar surface area (TPSA) is 109 Å². The zero-order valence-electron chi connectivity index (χ0n) is 10.9. The van der Waals surface area contributed by atoms with E-state index >= 15 is 0 Å². The Balaban J connectivity index is 2.12. The first-order chi connectivity index (χ1) is 9.90. The third-order valence-corrected chi connectivity index (χ3v) is 4.04. The Morgan fingerprint density at radius 2 is 1.95 bits per heavy atom. The molecule has 0 unspecified atom stereocenters. The van der Waals surface area contributed by atoms with Crippen molar-refractivity contribution in [3.05, 3.63) is 59.5 Å². The van der Waals surface area contributed by atoms with Crippen molar-refractivity contribution in [1.82, 2.24) is 9.71 Å². The van der Waals surface area contributed by atoms with Crippen LogP contribution in [0.25, 0.3) is 0 Å². The number of nitrogens with zero attached hydrogens (tertiary/aromatic N) is 1. The second kappa shape index (κ2) is 5.98. The number of aromatic nitrogens is 1. The second-order valence-corrected chi connectivity index (χ2v) is 5.91. The maximum absolute atomic E-state index is 13.4. The summed E-state index contributed by atoms with van der Waals surface area (Å²) in [6.07, 6.45) is 1.21. The van der Waals surface area contributed by atoms with E-state index in [0.717, 1.165) is 6.07 Å². The highest BCUT2D eigenvalue weighted by Crippen LogP contribution is 2.11. The van der Waals surface area contributed by atoms with Crippen molar-refractivity contribution in [2.24, 2.45) is 5.73 Å². The van der Waals surface area contributed by atoms with Gasteiger partial charge in [0.2, 0.25) is 5.03 Å². The largest absolute Gasteiger partial charge is 0.384 e. The molecular weight excluding hydrogens is 295 g/mol. The molecule has 0 bridgehead atoms. The van der Waals surface area contributed by atoms with Crippen molar-refractivity contribution in [1.29, 1.82) is 5.41 Å². The van der Waals surface area contributed by atoms with Gasteiger partial charge in [-0.15, -0.1) is 0 Å². The third kappa shape index (κ3) is 3.61. The van der Waals surface area contributed by atoms with Gasteiger partial charge in [0.15, 0.2) is 5.82 Å². The summed E-state index contributed by atoms with van der Waals surface area (Å²) >= 11 is 0. The van der Waals surface area contributed by atoms with Crippen LogP contribution < -0.4 is 10.5 Å². The van der Waals surface area contributed by atoms with Crippen LogP contribution in [-0.4, -0.2) is 19.2 Å². The van der Waals surface area contributed by atoms with Crippen molar-refractivity contribution in [3.8, 4) is 0 Å². The second-order valence-electron chi connectivity index (χ2n) is 4.23. The van der Waals surface area contributed by atoms with Crippen LogP contribution in [0.3, 0.4) is 0 Å². The molecule has 0 fully saturated rings. The van der Waals surface area contributed by atoms with E-state index < -0.39 is 20.9 Å². The summed E-state index contributed by atoms with van der Waals surface area (Å²) in [5.74, 6) is -0.977. The number of amidine groups is 1. The molecule has 0 saturated carbocycles. The first kappa shape index (κ1) is 15.1. The molecule has 1 aromatic carbocycles. The lowest BCUT2D eigenvalue weighted by Gasteiger charge is -2.07. The molecule has 6 nitrogen and oxygen atoms in total. The lowest BCUT2D eigenvalue weighted by molar-refractivity contribution is 0.544. The zero-order chi connectivity index (χ0) is 15.5. The van der Waals surface area contributed by atoms with Crippen LogP contribution in [0.4, 0.5) is 4.39 Å². The molecule has 0 aliphatic heterocycles. The average Bonchev–Trinajstić information content (AvgIpc) is 2.46. The van der Waals surface area contributed by atoms with Crippen LogP contribution in [-0.2, 0) is 16.6 Å². The number of nitrogens with two attached hydrogens (primary N) is 1. The summed E-state index contributed by atoms with van der Waals surface area (Å²) in [4.78, 5) is 3.53. The van der Waals surface area contributed by atoms with Crippen LogP contribution in [0, 0.1) is 11.2 Å². The molecule has 2 aromatic rings. The number of sulfonamides is 1. The number of rotatable bonds is 5. The van der Waals surface area contributed by atoms with Crippen LogP contribution in [0.15, 0.2) is 47.6 Å². The Hall–Kier alpha value is -2.32. The minimum atomic E-state index is -4.02. The molecule has 0 aliphatic carbocycles. The van der Waals surface area contributed by atoms with Crippen LogP contribution in [0.5, 0.6) is 0 Å². The predicted octanol–water partition coefficient (Wildman–Crippen LogP) is 0.983. The molecule has 8 heteroatoms. The van der Waals surface area contributed by atoms with Crippen LogP contribution in [0.2, 0.25) is 0 Å². The van der Waals surface area contributed by atoms with E-state index in [9.17, 15) is 12.8 Å². The number of hydrogen-bond donors (Lipinski definition) is 3. The van der Waals surface area contributed by atoms with Crippen LogP contribution in [0.1, 0.15) is 11.1 Å². The number of nitrogens with one attached hydrogen (secondary N) is 2. The number of hydrogen-bond acceptors (Lipinski definition) is 4. The molecule has 1 heterocycles. The Morgan fingerprint density at radius 3 is 2.52 bits per heavy atom. The Bertz CT molecular complexity index is 760. The molecule has 0 radical (unpaired) electrons. The number of benzene rings is 1. The fraction of sp³-hybridized carbons (Fsp3) is 0.0769. The first-order valence-electron chi connectivity index (χ1n) is 5.93. The quantitative estimate of drug-likeness (QED) is 0.565. The van der Waals surface area contributed by atoms with Crippen molar-refractivity contribution in [3.63, 3.8) is 0 Å². The van der Waals surface area contributed by atoms with E-state index in [0.29, 0.717) is 11.1 Å². The minimum Gasteiger partial charge on any atom is -0.384 e. The molecule has 110 valence electrons. The monoisotopic (exact) mass is 308 g/mol. The Kier molecular flexibility index (Phi) is 4.29. The molecule has 1 aromatic heterocycles. The summed E-state index contributed by atoms with van der Waals surface area (Å²) in [6, 6.07) is 8.82. The van der Waals surface area contributed by atoms with E-state index in [1.54, 1.807) is 24.3 Å². The molecule has 2 rings (SSSR count). The van der Waals surface area contributed by atoms with E-state index in [1.165, 1.54) is 12.3 Å². The maximum Gasteiger partial charge on any atom is 0.261 e. The lowest BCUT2D eigenvalue weighted by Crippen LogP contribution is -2.25. The average molecular weight is 308 g/mol. The number of nitrogen functional groups attached to an aromatic ring is 1. The van der Waals surface area contributed by atoms with Crippen LogP contribution >= 0.6 is 0 Å². The first-order valence-corrected chi connectivity index (χ1v) is 7.42. The summed E-state index contributed by atoms with van der Waals surface area (Å²) in [5, 5.41) is 6.63. The summed E-state index contributed by atoms with van der Waals surface area (Å²) in [7, 11) is -4.02. The van der Waals surface area contributed by atoms with Gasteiger partial charge in [0, 0.05) is 18.3 Å². The van der Waals surface area contributed by atoms with E-state index in [2.05, 4.69) is 9.71 Å². The standard InChI is InChI=1S/C13H13FN4O2S/c14-11-2-1-7-17-13(11)21(19,20)18-8-9-3-5-10(6-4-9)12(15)16/h1-7,18H,8H2,(H3,15,16). The third-order valence-electron chi connectivity index (χ3n) is 2.71. The molecule has 0 amide bonds. The van der Waals surface area contributed by atoms with Gasteiger partial charge < -0.3 is 5.73 Å². The van der Waals surface area contributed by atoms with E-state index in [1.807, 2.05) is 0 Å². The highest BCUT2D eigenvalue weighted by molar-refractivity contribution is 7.89. The Morgan fingerprint density at radius 1 is 1.29 bits per heavy atom. The predicted molar refractivity (Wildman–Crippen MR) is 75.7 cm³/mol. The lowest BCUT2D eigenvalue weighted by atomic mass is 10.1. The SMILES string of the molecule is N=C(N)c1ccc(CNS(=O)(=O)c2ncccc2F)cc1. The van der Waals surface area contributed by atoms with Crippen molar-refractivity contribution < 1.29 is 12.8 Å². The molecular formula is C13H13FN4O2S.